The predicted molar refractivity (Wildman–Crippen MR) is 116 cm³/mol. The molecule has 0 spiro atoms. The van der Waals surface area contributed by atoms with Crippen molar-refractivity contribution in [3.05, 3.63) is 62.7 Å². The van der Waals surface area contributed by atoms with Crippen molar-refractivity contribution < 1.29 is 5.11 Å². The molecule has 2 atom stereocenters. The molecule has 4 rings (SSSR count). The van der Waals surface area contributed by atoms with E-state index in [1.807, 2.05) is 0 Å². The first kappa shape index (κ1) is 18.3. The lowest BCUT2D eigenvalue weighted by Crippen LogP contribution is -2.56. The number of aliphatic hydroxyl groups excluding tert-OH is 1. The fourth-order valence-corrected chi connectivity index (χ4v) is 5.29. The summed E-state index contributed by atoms with van der Waals surface area (Å²) in [5, 5.41) is 10.8. The third-order valence-corrected chi connectivity index (χ3v) is 7.01. The van der Waals surface area contributed by atoms with E-state index in [9.17, 15) is 5.11 Å². The highest BCUT2D eigenvalue weighted by atomic mass is 127. The number of nitrogens with zero attached hydrogens (tertiary/aromatic N) is 2. The molecule has 0 aromatic heterocycles. The van der Waals surface area contributed by atoms with E-state index < -0.39 is 0 Å². The Morgan fingerprint density at radius 3 is 2.54 bits per heavy atom. The van der Waals surface area contributed by atoms with E-state index in [-0.39, 0.29) is 12.1 Å². The summed E-state index contributed by atoms with van der Waals surface area (Å²) in [6, 6.07) is 15.5. The van der Waals surface area contributed by atoms with Crippen molar-refractivity contribution in [3.63, 3.8) is 0 Å². The van der Waals surface area contributed by atoms with Gasteiger partial charge in [0, 0.05) is 47.9 Å². The maximum Gasteiger partial charge on any atom is 0.0739 e. The van der Waals surface area contributed by atoms with E-state index in [0.29, 0.717) is 0 Å². The molecule has 2 aromatic carbocycles. The molecule has 1 fully saturated rings. The first-order valence-electron chi connectivity index (χ1n) is 9.68. The van der Waals surface area contributed by atoms with E-state index in [4.69, 9.17) is 0 Å². The number of hydrogen-bond acceptors (Lipinski definition) is 3. The maximum atomic E-state index is 10.8. The Balaban J connectivity index is 1.46. The van der Waals surface area contributed by atoms with Gasteiger partial charge in [0.25, 0.3) is 0 Å². The van der Waals surface area contributed by atoms with Crippen LogP contribution in [0.2, 0.25) is 0 Å². The molecule has 0 amide bonds. The van der Waals surface area contributed by atoms with Crippen LogP contribution in [-0.4, -0.2) is 48.3 Å². The predicted octanol–water partition coefficient (Wildman–Crippen LogP) is 3.50. The van der Waals surface area contributed by atoms with Gasteiger partial charge < -0.3 is 10.0 Å². The van der Waals surface area contributed by atoms with Gasteiger partial charge in [0.15, 0.2) is 0 Å². The molecular formula is C22H27IN2O. The van der Waals surface area contributed by atoms with Gasteiger partial charge in [-0.1, -0.05) is 37.3 Å². The quantitative estimate of drug-likeness (QED) is 0.708. The molecule has 1 N–H and O–H groups in total. The number of rotatable bonds is 3. The number of aliphatic hydroxyl groups is 1. The second-order valence-corrected chi connectivity index (χ2v) is 8.59. The molecule has 0 bridgehead atoms. The summed E-state index contributed by atoms with van der Waals surface area (Å²) in [5.41, 5.74) is 5.60. The van der Waals surface area contributed by atoms with Gasteiger partial charge in [-0.15, -0.1) is 0 Å². The highest BCUT2D eigenvalue weighted by molar-refractivity contribution is 14.1. The molecule has 138 valence electrons. The average Bonchev–Trinajstić information content (AvgIpc) is 2.68. The van der Waals surface area contributed by atoms with Crippen molar-refractivity contribution >= 4 is 28.3 Å². The van der Waals surface area contributed by atoms with Crippen molar-refractivity contribution in [1.29, 1.82) is 0 Å². The van der Waals surface area contributed by atoms with Crippen molar-refractivity contribution in [1.82, 2.24) is 4.90 Å². The summed E-state index contributed by atoms with van der Waals surface area (Å²) in [6.45, 7) is 6.36. The maximum absolute atomic E-state index is 10.8. The largest absolute Gasteiger partial charge is 0.391 e. The molecule has 4 heteroatoms. The van der Waals surface area contributed by atoms with E-state index in [1.54, 1.807) is 0 Å². The SMILES string of the molecule is CCc1ccccc1N1CCN([C@@H]2Cc3c(I)cccc3C[C@H]2O)CC1. The van der Waals surface area contributed by atoms with Gasteiger partial charge in [0.1, 0.15) is 0 Å². The zero-order chi connectivity index (χ0) is 18.1. The number of anilines is 1. The first-order valence-corrected chi connectivity index (χ1v) is 10.8. The number of piperazine rings is 1. The van der Waals surface area contributed by atoms with Gasteiger partial charge in [-0.2, -0.15) is 0 Å². The van der Waals surface area contributed by atoms with E-state index in [2.05, 4.69) is 81.8 Å². The third-order valence-electron chi connectivity index (χ3n) is 6.00. The van der Waals surface area contributed by atoms with Crippen LogP contribution < -0.4 is 4.90 Å². The Morgan fingerprint density at radius 1 is 1.00 bits per heavy atom. The fraction of sp³-hybridized carbons (Fsp3) is 0.455. The lowest BCUT2D eigenvalue weighted by molar-refractivity contribution is 0.0393. The number of para-hydroxylation sites is 1. The zero-order valence-corrected chi connectivity index (χ0v) is 17.5. The Morgan fingerprint density at radius 2 is 1.77 bits per heavy atom. The second-order valence-electron chi connectivity index (χ2n) is 7.43. The lowest BCUT2D eigenvalue weighted by atomic mass is 9.85. The molecule has 1 aliphatic heterocycles. The molecule has 2 aliphatic rings. The van der Waals surface area contributed by atoms with Crippen molar-refractivity contribution in [2.24, 2.45) is 0 Å². The molecule has 0 unspecified atom stereocenters. The average molecular weight is 462 g/mol. The van der Waals surface area contributed by atoms with Crippen LogP contribution in [-0.2, 0) is 19.3 Å². The monoisotopic (exact) mass is 462 g/mol. The number of hydrogen-bond donors (Lipinski definition) is 1. The minimum Gasteiger partial charge on any atom is -0.391 e. The Hall–Kier alpha value is -1.11. The minimum absolute atomic E-state index is 0.252. The van der Waals surface area contributed by atoms with Crippen LogP contribution in [0, 0.1) is 3.57 Å². The normalized spacial score (nSPS) is 23.7. The van der Waals surface area contributed by atoms with Crippen LogP contribution in [0.15, 0.2) is 42.5 Å². The van der Waals surface area contributed by atoms with Gasteiger partial charge >= 0.3 is 0 Å². The molecule has 1 heterocycles. The van der Waals surface area contributed by atoms with Crippen molar-refractivity contribution in [2.45, 2.75) is 38.3 Å². The van der Waals surface area contributed by atoms with Crippen LogP contribution >= 0.6 is 22.6 Å². The second kappa shape index (κ2) is 7.87. The van der Waals surface area contributed by atoms with E-state index in [0.717, 1.165) is 45.4 Å². The summed E-state index contributed by atoms with van der Waals surface area (Å²) in [7, 11) is 0. The number of halogens is 1. The summed E-state index contributed by atoms with van der Waals surface area (Å²) in [5.74, 6) is 0. The standard InChI is InChI=1S/C22H27IN2O/c1-2-16-6-3-4-9-20(16)24-10-12-25(13-11-24)21-15-18-17(14-22(21)26)7-5-8-19(18)23/h3-9,21-22,26H,2,10-15H2,1H3/t21-,22-/m1/s1. The summed E-state index contributed by atoms with van der Waals surface area (Å²) in [6.07, 6.45) is 2.58. The minimum atomic E-state index is -0.254. The summed E-state index contributed by atoms with van der Waals surface area (Å²) >= 11 is 2.44. The van der Waals surface area contributed by atoms with Crippen LogP contribution in [0.4, 0.5) is 5.69 Å². The van der Waals surface area contributed by atoms with Gasteiger partial charge in [-0.3, -0.25) is 4.90 Å². The fourth-order valence-electron chi connectivity index (χ4n) is 4.51. The third kappa shape index (κ3) is 3.51. The van der Waals surface area contributed by atoms with Gasteiger partial charge in [0.2, 0.25) is 0 Å². The molecule has 26 heavy (non-hydrogen) atoms. The Labute approximate surface area is 170 Å². The first-order chi connectivity index (χ1) is 12.7. The number of fused-ring (bicyclic) bond motifs is 1. The zero-order valence-electron chi connectivity index (χ0n) is 15.4. The topological polar surface area (TPSA) is 26.7 Å². The molecule has 3 nitrogen and oxygen atoms in total. The lowest BCUT2D eigenvalue weighted by Gasteiger charge is -2.44. The van der Waals surface area contributed by atoms with Crippen LogP contribution in [0.25, 0.3) is 0 Å². The molecule has 1 saturated heterocycles. The molecule has 1 aliphatic carbocycles. The highest BCUT2D eigenvalue weighted by Crippen LogP contribution is 2.30. The van der Waals surface area contributed by atoms with Crippen LogP contribution in [0.3, 0.4) is 0 Å². The smallest absolute Gasteiger partial charge is 0.0739 e. The molecule has 0 saturated carbocycles. The molecular weight excluding hydrogens is 435 g/mol. The highest BCUT2D eigenvalue weighted by Gasteiger charge is 2.34. The number of aryl methyl sites for hydroxylation is 1. The Kier molecular flexibility index (Phi) is 5.53. The molecule has 0 radical (unpaired) electrons. The van der Waals surface area contributed by atoms with Gasteiger partial charge in [-0.05, 0) is 64.3 Å². The number of benzene rings is 2. The van der Waals surface area contributed by atoms with Crippen LogP contribution in [0.1, 0.15) is 23.6 Å². The van der Waals surface area contributed by atoms with Gasteiger partial charge in [-0.25, -0.2) is 0 Å². The van der Waals surface area contributed by atoms with Crippen molar-refractivity contribution in [2.75, 3.05) is 31.1 Å². The summed E-state index contributed by atoms with van der Waals surface area (Å²) < 4.78 is 1.34. The van der Waals surface area contributed by atoms with Crippen molar-refractivity contribution in [3.8, 4) is 0 Å². The van der Waals surface area contributed by atoms with Crippen LogP contribution in [0.5, 0.6) is 0 Å². The van der Waals surface area contributed by atoms with E-state index in [1.165, 1.54) is 25.9 Å². The molecule has 2 aromatic rings. The van der Waals surface area contributed by atoms with E-state index >= 15 is 0 Å². The summed E-state index contributed by atoms with van der Waals surface area (Å²) in [4.78, 5) is 5.03. The van der Waals surface area contributed by atoms with Gasteiger partial charge in [0.05, 0.1) is 6.10 Å². The Bertz CT molecular complexity index is 770.